The molecule has 230 valence electrons. The predicted octanol–water partition coefficient (Wildman–Crippen LogP) is 5.62. The standard InChI is InChI=1S/C32H31B2F4N5O2/c1-2-20-23(35)7-6-18-14-19(44)15-21(24(18)20)26-25(36)27-22(16-39-26)28(42-11-5-10-31(37,38)17-42)41-29(40-27)45-32(33,34)30-8-3-12-43(30)13-4-9-30/h6-7,14-16,44H,2-5,8-13,17H2,1H3. The summed E-state index contributed by atoms with van der Waals surface area (Å²) in [7, 11) is 13.3. The molecule has 45 heavy (non-hydrogen) atoms. The Kier molecular flexibility index (Phi) is 7.18. The van der Waals surface area contributed by atoms with Gasteiger partial charge in [-0.25, -0.2) is 17.6 Å². The monoisotopic (exact) mass is 615 g/mol. The summed E-state index contributed by atoms with van der Waals surface area (Å²) in [6.45, 7) is 3.01. The Balaban J connectivity index is 1.43. The van der Waals surface area contributed by atoms with E-state index in [4.69, 9.17) is 20.4 Å². The lowest BCUT2D eigenvalue weighted by Crippen LogP contribution is -2.63. The van der Waals surface area contributed by atoms with Gasteiger partial charge in [-0.05, 0) is 86.1 Å². The van der Waals surface area contributed by atoms with Gasteiger partial charge in [-0.3, -0.25) is 9.88 Å². The number of fused-ring (bicyclic) bond motifs is 3. The van der Waals surface area contributed by atoms with Crippen molar-refractivity contribution in [2.75, 3.05) is 31.1 Å². The van der Waals surface area contributed by atoms with Gasteiger partial charge in [0.15, 0.2) is 5.82 Å². The number of aryl methyl sites for hydroxylation is 1. The van der Waals surface area contributed by atoms with Crippen LogP contribution in [0.15, 0.2) is 30.5 Å². The van der Waals surface area contributed by atoms with Gasteiger partial charge in [0, 0.05) is 35.7 Å². The minimum atomic E-state index is -2.98. The third kappa shape index (κ3) is 4.89. The number of anilines is 1. The average Bonchev–Trinajstić information content (AvgIpc) is 3.59. The van der Waals surface area contributed by atoms with E-state index < -0.39 is 35.0 Å². The van der Waals surface area contributed by atoms with E-state index in [0.29, 0.717) is 35.6 Å². The van der Waals surface area contributed by atoms with Gasteiger partial charge in [-0.1, -0.05) is 13.0 Å². The number of halogens is 4. The third-order valence-electron chi connectivity index (χ3n) is 9.73. The molecule has 0 aliphatic carbocycles. The number of alkyl halides is 2. The highest BCUT2D eigenvalue weighted by atomic mass is 19.3. The highest BCUT2D eigenvalue weighted by Crippen LogP contribution is 2.46. The molecule has 0 atom stereocenters. The summed E-state index contributed by atoms with van der Waals surface area (Å²) in [5.74, 6) is -4.51. The van der Waals surface area contributed by atoms with E-state index in [1.54, 1.807) is 6.92 Å². The molecule has 4 aromatic rings. The van der Waals surface area contributed by atoms with E-state index >= 15 is 4.39 Å². The number of aromatic nitrogens is 3. The van der Waals surface area contributed by atoms with Crippen molar-refractivity contribution in [3.63, 3.8) is 0 Å². The highest BCUT2D eigenvalue weighted by Gasteiger charge is 2.55. The fourth-order valence-electron chi connectivity index (χ4n) is 7.66. The summed E-state index contributed by atoms with van der Waals surface area (Å²) in [6, 6.07) is 5.25. The summed E-state index contributed by atoms with van der Waals surface area (Å²) in [4.78, 5) is 16.8. The van der Waals surface area contributed by atoms with E-state index in [1.165, 1.54) is 35.4 Å². The molecule has 4 radical (unpaired) electrons. The first-order chi connectivity index (χ1) is 21.4. The summed E-state index contributed by atoms with van der Waals surface area (Å²) in [5.41, 5.74) is -0.632. The Bertz CT molecular complexity index is 1810. The van der Waals surface area contributed by atoms with Crippen LogP contribution in [0.25, 0.3) is 32.9 Å². The van der Waals surface area contributed by atoms with Gasteiger partial charge in [0.1, 0.15) is 44.3 Å². The SMILES string of the molecule is [B]C([B])(Oc1nc(N2CCCC(F)(F)C2)c2cnc(-c3cc(O)cc4ccc(F)c(CC)c34)c(F)c2n1)C12CCCN1CCC2. The zero-order chi connectivity index (χ0) is 31.7. The number of hydrogen-bond donors (Lipinski definition) is 1. The van der Waals surface area contributed by atoms with Crippen molar-refractivity contribution >= 4 is 43.2 Å². The second kappa shape index (κ2) is 10.7. The van der Waals surface area contributed by atoms with Crippen LogP contribution in [0, 0.1) is 11.6 Å². The van der Waals surface area contributed by atoms with Gasteiger partial charge in [-0.2, -0.15) is 9.97 Å². The first kappa shape index (κ1) is 30.1. The normalized spacial score (nSPS) is 19.8. The zero-order valence-corrected chi connectivity index (χ0v) is 24.9. The minimum Gasteiger partial charge on any atom is -0.508 e. The minimum absolute atomic E-state index is 0.0244. The number of benzene rings is 2. The van der Waals surface area contributed by atoms with E-state index in [9.17, 15) is 18.3 Å². The van der Waals surface area contributed by atoms with Crippen LogP contribution in [0.4, 0.5) is 23.4 Å². The quantitative estimate of drug-likeness (QED) is 0.223. The molecule has 13 heteroatoms. The number of hydrogen-bond acceptors (Lipinski definition) is 7. The van der Waals surface area contributed by atoms with E-state index in [-0.39, 0.29) is 59.1 Å². The maximum atomic E-state index is 16.8. The van der Waals surface area contributed by atoms with Gasteiger partial charge in [-0.15, -0.1) is 0 Å². The molecule has 2 aromatic carbocycles. The van der Waals surface area contributed by atoms with E-state index in [2.05, 4.69) is 19.9 Å². The van der Waals surface area contributed by atoms with Gasteiger partial charge >= 0.3 is 6.01 Å². The van der Waals surface area contributed by atoms with Crippen LogP contribution in [0.3, 0.4) is 0 Å². The molecule has 0 unspecified atom stereocenters. The van der Waals surface area contributed by atoms with E-state index in [0.717, 1.165) is 25.9 Å². The molecule has 0 spiro atoms. The Labute approximate surface area is 260 Å². The fraction of sp³-hybridized carbons (Fsp3) is 0.469. The molecule has 5 heterocycles. The predicted molar refractivity (Wildman–Crippen MR) is 165 cm³/mol. The number of aromatic hydroxyl groups is 1. The fourth-order valence-corrected chi connectivity index (χ4v) is 7.66. The summed E-state index contributed by atoms with van der Waals surface area (Å²) in [5, 5.41) is 9.76. The Morgan fingerprint density at radius 3 is 2.47 bits per heavy atom. The molecule has 3 saturated heterocycles. The molecule has 7 nitrogen and oxygen atoms in total. The third-order valence-corrected chi connectivity index (χ3v) is 9.73. The van der Waals surface area contributed by atoms with Crippen molar-refractivity contribution in [1.82, 2.24) is 19.9 Å². The number of rotatable bonds is 6. The topological polar surface area (TPSA) is 74.6 Å². The second-order valence-electron chi connectivity index (χ2n) is 12.5. The molecule has 1 N–H and O–H groups in total. The number of ether oxygens (including phenoxy) is 1. The molecule has 3 aliphatic rings. The number of phenols is 1. The number of pyridine rings is 1. The van der Waals surface area contributed by atoms with Crippen molar-refractivity contribution in [3.8, 4) is 23.0 Å². The molecule has 0 saturated carbocycles. The molecule has 0 amide bonds. The molecule has 3 aliphatic heterocycles. The van der Waals surface area contributed by atoms with Crippen LogP contribution in [0.1, 0.15) is 51.0 Å². The van der Waals surface area contributed by atoms with Crippen LogP contribution in [0.5, 0.6) is 11.8 Å². The van der Waals surface area contributed by atoms with Crippen molar-refractivity contribution in [3.05, 3.63) is 47.7 Å². The number of phenolic OH excluding ortho intramolecular Hbond substituents is 1. The van der Waals surface area contributed by atoms with Crippen molar-refractivity contribution in [2.45, 2.75) is 68.7 Å². The molecule has 3 fully saturated rings. The van der Waals surface area contributed by atoms with Gasteiger partial charge < -0.3 is 14.7 Å². The molecule has 0 bridgehead atoms. The Morgan fingerprint density at radius 2 is 1.76 bits per heavy atom. The maximum Gasteiger partial charge on any atom is 0.318 e. The highest BCUT2D eigenvalue weighted by molar-refractivity contribution is 6.40. The van der Waals surface area contributed by atoms with Crippen molar-refractivity contribution in [2.24, 2.45) is 0 Å². The zero-order valence-electron chi connectivity index (χ0n) is 24.9. The van der Waals surface area contributed by atoms with Crippen LogP contribution in [-0.2, 0) is 6.42 Å². The lowest BCUT2D eigenvalue weighted by molar-refractivity contribution is -0.0118. The number of nitrogens with zero attached hydrogens (tertiary/aromatic N) is 5. The van der Waals surface area contributed by atoms with Gasteiger partial charge in [0.05, 0.1) is 11.9 Å². The Morgan fingerprint density at radius 1 is 1.02 bits per heavy atom. The van der Waals surface area contributed by atoms with Crippen LogP contribution in [-0.4, -0.2) is 83.7 Å². The second-order valence-corrected chi connectivity index (χ2v) is 12.5. The van der Waals surface area contributed by atoms with E-state index in [1.807, 2.05) is 0 Å². The lowest BCUT2D eigenvalue weighted by atomic mass is 9.53. The van der Waals surface area contributed by atoms with Crippen LogP contribution in [0.2, 0.25) is 0 Å². The van der Waals surface area contributed by atoms with Crippen LogP contribution < -0.4 is 9.64 Å². The first-order valence-electron chi connectivity index (χ1n) is 15.4. The molecule has 2 aromatic heterocycles. The van der Waals surface area contributed by atoms with Crippen LogP contribution >= 0.6 is 0 Å². The lowest BCUT2D eigenvalue weighted by Gasteiger charge is -2.46. The average molecular weight is 615 g/mol. The first-order valence-corrected chi connectivity index (χ1v) is 15.4. The van der Waals surface area contributed by atoms with Gasteiger partial charge in [0.2, 0.25) is 0 Å². The Hall–Kier alpha value is -3.60. The van der Waals surface area contributed by atoms with Gasteiger partial charge in [0.25, 0.3) is 5.92 Å². The largest absolute Gasteiger partial charge is 0.508 e. The smallest absolute Gasteiger partial charge is 0.318 e. The molecule has 7 rings (SSSR count). The maximum absolute atomic E-state index is 16.8. The summed E-state index contributed by atoms with van der Waals surface area (Å²) >= 11 is 0. The molecular weight excluding hydrogens is 584 g/mol. The van der Waals surface area contributed by atoms with Crippen molar-refractivity contribution in [1.29, 1.82) is 0 Å². The summed E-state index contributed by atoms with van der Waals surface area (Å²) < 4.78 is 67.0. The number of piperidine rings is 1. The van der Waals surface area contributed by atoms with Crippen molar-refractivity contribution < 1.29 is 27.4 Å². The molecular formula is C32H31B2F4N5O2. The summed E-state index contributed by atoms with van der Waals surface area (Å²) in [6.07, 6.45) is 4.69.